The molecule has 0 amide bonds. The topological polar surface area (TPSA) is 109 Å². The van der Waals surface area contributed by atoms with E-state index in [1.54, 1.807) is 16.8 Å². The van der Waals surface area contributed by atoms with Crippen molar-refractivity contribution in [3.63, 3.8) is 0 Å². The highest BCUT2D eigenvalue weighted by atomic mass is 32.2. The summed E-state index contributed by atoms with van der Waals surface area (Å²) in [6.07, 6.45) is 2.66. The van der Waals surface area contributed by atoms with Crippen LogP contribution in [0.1, 0.15) is 12.1 Å². The van der Waals surface area contributed by atoms with Gasteiger partial charge in [0.15, 0.2) is 0 Å². The van der Waals surface area contributed by atoms with E-state index >= 15 is 0 Å². The highest BCUT2D eigenvalue weighted by molar-refractivity contribution is 7.98. The van der Waals surface area contributed by atoms with E-state index < -0.39 is 0 Å². The van der Waals surface area contributed by atoms with E-state index in [-0.39, 0.29) is 5.63 Å². The average Bonchev–Trinajstić information content (AvgIpc) is 3.46. The molecule has 0 atom stereocenters. The molecule has 3 heterocycles. The molecule has 3 aromatic carbocycles. The summed E-state index contributed by atoms with van der Waals surface area (Å²) in [5.74, 6) is 1.22. The van der Waals surface area contributed by atoms with Gasteiger partial charge >= 0.3 is 5.63 Å². The molecule has 0 N–H and O–H groups in total. The number of fused-ring (bicyclic) bond motifs is 1. The van der Waals surface area contributed by atoms with Crippen molar-refractivity contribution in [2.24, 2.45) is 0 Å². The Bertz CT molecular complexity index is 1790. The second-order valence-electron chi connectivity index (χ2n) is 8.94. The highest BCUT2D eigenvalue weighted by Crippen LogP contribution is 2.30. The van der Waals surface area contributed by atoms with Gasteiger partial charge in [0.25, 0.3) is 0 Å². The van der Waals surface area contributed by atoms with Gasteiger partial charge in [-0.3, -0.25) is 4.68 Å². The van der Waals surface area contributed by atoms with Gasteiger partial charge in [-0.05, 0) is 18.2 Å². The summed E-state index contributed by atoms with van der Waals surface area (Å²) in [6, 6.07) is 28.6. The molecular weight excluding hydrogens is 524 g/mol. The summed E-state index contributed by atoms with van der Waals surface area (Å²) in [7, 11) is 0. The van der Waals surface area contributed by atoms with E-state index in [9.17, 15) is 4.79 Å². The van der Waals surface area contributed by atoms with Gasteiger partial charge in [-0.1, -0.05) is 77.6 Å². The molecule has 6 rings (SSSR count). The molecule has 6 aromatic rings. The fraction of sp³-hybridized carbons (Fsp3) is 0.133. The largest absolute Gasteiger partial charge is 0.493 e. The standard InChI is InChI=1S/C30H24N6O3S/c37-27-15-13-21-12-14-25(18-26(21)39-27)38-17-7-16-36-19-24(32-35-36)20-40-30-31-28(22-8-3-1-4-9-22)29(33-34-30)23-10-5-2-6-11-23/h1-6,8-15,18-19H,7,16-17,20H2. The molecule has 9 nitrogen and oxygen atoms in total. The number of thioether (sulfide) groups is 1. The third-order valence-electron chi connectivity index (χ3n) is 6.09. The quantitative estimate of drug-likeness (QED) is 0.122. The first-order chi connectivity index (χ1) is 19.7. The number of aryl methyl sites for hydroxylation is 1. The molecule has 0 aliphatic heterocycles. The van der Waals surface area contributed by atoms with Crippen molar-refractivity contribution >= 4 is 22.7 Å². The number of rotatable bonds is 10. The summed E-state index contributed by atoms with van der Waals surface area (Å²) in [5.41, 5.74) is 4.45. The molecule has 0 fully saturated rings. The lowest BCUT2D eigenvalue weighted by molar-refractivity contribution is 0.298. The molecule has 0 unspecified atom stereocenters. The smallest absolute Gasteiger partial charge is 0.336 e. The van der Waals surface area contributed by atoms with Crippen LogP contribution >= 0.6 is 11.8 Å². The second-order valence-corrected chi connectivity index (χ2v) is 9.88. The van der Waals surface area contributed by atoms with E-state index in [0.29, 0.717) is 35.4 Å². The van der Waals surface area contributed by atoms with Gasteiger partial charge in [0, 0.05) is 53.6 Å². The minimum absolute atomic E-state index is 0.381. The minimum atomic E-state index is -0.381. The Labute approximate surface area is 233 Å². The van der Waals surface area contributed by atoms with Crippen molar-refractivity contribution < 1.29 is 9.15 Å². The molecule has 0 aliphatic carbocycles. The number of hydrogen-bond acceptors (Lipinski definition) is 9. The van der Waals surface area contributed by atoms with Gasteiger partial charge in [-0.25, -0.2) is 9.78 Å². The Hall–Kier alpha value is -4.83. The fourth-order valence-corrected chi connectivity index (χ4v) is 4.82. The van der Waals surface area contributed by atoms with Crippen LogP contribution < -0.4 is 10.4 Å². The van der Waals surface area contributed by atoms with Gasteiger partial charge in [0.05, 0.1) is 12.3 Å². The predicted molar refractivity (Wildman–Crippen MR) is 153 cm³/mol. The summed E-state index contributed by atoms with van der Waals surface area (Å²) in [6.45, 7) is 1.14. The monoisotopic (exact) mass is 548 g/mol. The first-order valence-corrected chi connectivity index (χ1v) is 13.7. The van der Waals surface area contributed by atoms with Crippen molar-refractivity contribution in [3.8, 4) is 28.3 Å². The van der Waals surface area contributed by atoms with Gasteiger partial charge < -0.3 is 9.15 Å². The minimum Gasteiger partial charge on any atom is -0.493 e. The first-order valence-electron chi connectivity index (χ1n) is 12.8. The lowest BCUT2D eigenvalue weighted by atomic mass is 10.0. The molecule has 0 spiro atoms. The summed E-state index contributed by atoms with van der Waals surface area (Å²) >= 11 is 1.47. The zero-order valence-corrected chi connectivity index (χ0v) is 22.2. The third kappa shape index (κ3) is 6.08. The van der Waals surface area contributed by atoms with Crippen LogP contribution in [0.3, 0.4) is 0 Å². The van der Waals surface area contributed by atoms with Crippen LogP contribution in [-0.2, 0) is 12.3 Å². The van der Waals surface area contributed by atoms with Crippen LogP contribution in [0.2, 0.25) is 0 Å². The second kappa shape index (κ2) is 11.9. The van der Waals surface area contributed by atoms with Crippen LogP contribution in [0.4, 0.5) is 0 Å². The normalized spacial score (nSPS) is 11.1. The average molecular weight is 549 g/mol. The van der Waals surface area contributed by atoms with Gasteiger partial charge in [0.2, 0.25) is 5.16 Å². The fourth-order valence-electron chi connectivity index (χ4n) is 4.16. The van der Waals surface area contributed by atoms with Gasteiger partial charge in [-0.2, -0.15) is 0 Å². The van der Waals surface area contributed by atoms with E-state index in [1.807, 2.05) is 79.0 Å². The van der Waals surface area contributed by atoms with Crippen molar-refractivity contribution in [1.29, 1.82) is 0 Å². The Kier molecular flexibility index (Phi) is 7.58. The highest BCUT2D eigenvalue weighted by Gasteiger charge is 2.14. The maximum atomic E-state index is 11.4. The maximum Gasteiger partial charge on any atom is 0.336 e. The maximum absolute atomic E-state index is 11.4. The van der Waals surface area contributed by atoms with E-state index in [2.05, 4.69) is 20.5 Å². The zero-order chi connectivity index (χ0) is 27.1. The molecule has 0 radical (unpaired) electrons. The Morgan fingerprint density at radius 1 is 0.825 bits per heavy atom. The van der Waals surface area contributed by atoms with Crippen molar-refractivity contribution in [2.75, 3.05) is 6.61 Å². The SMILES string of the molecule is O=c1ccc2ccc(OCCCn3cc(CSc4nnc(-c5ccccc5)c(-c5ccccc5)n4)nn3)cc2o1. The number of ether oxygens (including phenoxy) is 1. The first kappa shape index (κ1) is 25.4. The number of aromatic nitrogens is 6. The van der Waals surface area contributed by atoms with E-state index in [0.717, 1.165) is 40.0 Å². The number of hydrogen-bond donors (Lipinski definition) is 0. The predicted octanol–water partition coefficient (Wildman–Crippen LogP) is 5.66. The van der Waals surface area contributed by atoms with Gasteiger partial charge in [-0.15, -0.1) is 15.3 Å². The Balaban J connectivity index is 1.06. The van der Waals surface area contributed by atoms with Crippen molar-refractivity contribution in [2.45, 2.75) is 23.9 Å². The van der Waals surface area contributed by atoms with E-state index in [4.69, 9.17) is 14.1 Å². The molecule has 0 bridgehead atoms. The van der Waals surface area contributed by atoms with Crippen LogP contribution in [0, 0.1) is 0 Å². The van der Waals surface area contributed by atoms with Crippen molar-refractivity contribution in [1.82, 2.24) is 30.2 Å². The molecular formula is C30H24N6O3S. The van der Waals surface area contributed by atoms with Crippen LogP contribution in [0.15, 0.2) is 112 Å². The Morgan fingerprint density at radius 3 is 2.38 bits per heavy atom. The van der Waals surface area contributed by atoms with Crippen LogP contribution in [0.5, 0.6) is 5.75 Å². The Morgan fingerprint density at radius 2 is 1.57 bits per heavy atom. The lowest BCUT2D eigenvalue weighted by Crippen LogP contribution is -2.05. The number of nitrogens with zero attached hydrogens (tertiary/aromatic N) is 6. The molecule has 40 heavy (non-hydrogen) atoms. The molecule has 3 aromatic heterocycles. The van der Waals surface area contributed by atoms with Crippen LogP contribution in [0.25, 0.3) is 33.5 Å². The summed E-state index contributed by atoms with van der Waals surface area (Å²) in [5, 5.41) is 18.9. The molecule has 0 saturated carbocycles. The molecule has 198 valence electrons. The summed E-state index contributed by atoms with van der Waals surface area (Å²) < 4.78 is 12.8. The lowest BCUT2D eigenvalue weighted by Gasteiger charge is -2.09. The van der Waals surface area contributed by atoms with Crippen LogP contribution in [-0.4, -0.2) is 36.8 Å². The summed E-state index contributed by atoms with van der Waals surface area (Å²) in [4.78, 5) is 16.3. The molecule has 10 heteroatoms. The zero-order valence-electron chi connectivity index (χ0n) is 21.4. The molecule has 0 saturated heterocycles. The van der Waals surface area contributed by atoms with E-state index in [1.165, 1.54) is 17.8 Å². The number of benzene rings is 3. The molecule has 0 aliphatic rings. The van der Waals surface area contributed by atoms with Crippen molar-refractivity contribution in [3.05, 3.63) is 113 Å². The van der Waals surface area contributed by atoms with Gasteiger partial charge in [0.1, 0.15) is 22.7 Å². The third-order valence-corrected chi connectivity index (χ3v) is 6.96.